The molecule has 0 spiro atoms. The van der Waals surface area contributed by atoms with Gasteiger partial charge in [0, 0.05) is 32.4 Å². The van der Waals surface area contributed by atoms with E-state index in [9.17, 15) is 0 Å². The van der Waals surface area contributed by atoms with Crippen LogP contribution in [0.25, 0.3) is 6.08 Å². The van der Waals surface area contributed by atoms with E-state index in [0.29, 0.717) is 0 Å². The van der Waals surface area contributed by atoms with Gasteiger partial charge < -0.3 is 19.1 Å². The maximum atomic E-state index is 5.97. The molecule has 2 fully saturated rings. The molecule has 130 valence electrons. The fourth-order valence-electron chi connectivity index (χ4n) is 2.88. The second-order valence-electron chi connectivity index (χ2n) is 7.72. The summed E-state index contributed by atoms with van der Waals surface area (Å²) >= 11 is 0. The summed E-state index contributed by atoms with van der Waals surface area (Å²) in [6.07, 6.45) is 3.93. The van der Waals surface area contributed by atoms with Crippen molar-refractivity contribution in [1.29, 1.82) is 0 Å². The summed E-state index contributed by atoms with van der Waals surface area (Å²) in [6.45, 7) is 12.5. The number of likely N-dealkylation sites (N-methyl/N-ethyl adjacent to an activating group) is 1. The Kier molecular flexibility index (Phi) is 4.73. The lowest BCUT2D eigenvalue weighted by atomic mass is 9.89. The summed E-state index contributed by atoms with van der Waals surface area (Å²) in [5.74, 6) is 3.01. The van der Waals surface area contributed by atoms with Crippen molar-refractivity contribution in [2.75, 3.05) is 38.1 Å². The van der Waals surface area contributed by atoms with Gasteiger partial charge >= 0.3 is 7.12 Å². The highest BCUT2D eigenvalue weighted by Crippen LogP contribution is 2.37. The highest BCUT2D eigenvalue weighted by molar-refractivity contribution is 6.52. The number of nitrogens with zero attached hydrogens (tertiary/aromatic N) is 3. The molecule has 0 aliphatic carbocycles. The molecule has 0 saturated carbocycles. The molecule has 3 heterocycles. The maximum absolute atomic E-state index is 5.97. The number of pyridine rings is 1. The molecule has 2 saturated heterocycles. The van der Waals surface area contributed by atoms with Gasteiger partial charge in [0.15, 0.2) is 0 Å². The lowest BCUT2D eigenvalue weighted by Gasteiger charge is -2.33. The van der Waals surface area contributed by atoms with Crippen LogP contribution in [0, 0.1) is 0 Å². The molecule has 24 heavy (non-hydrogen) atoms. The van der Waals surface area contributed by atoms with Crippen molar-refractivity contribution in [3.05, 3.63) is 29.9 Å². The molecule has 0 aromatic carbocycles. The molecule has 0 atom stereocenters. The van der Waals surface area contributed by atoms with Gasteiger partial charge in [-0.05, 0) is 52.4 Å². The summed E-state index contributed by atoms with van der Waals surface area (Å²) in [5.41, 5.74) is 0.458. The minimum Gasteiger partial charge on any atom is -0.400 e. The van der Waals surface area contributed by atoms with Crippen molar-refractivity contribution < 1.29 is 9.31 Å². The molecule has 6 heteroatoms. The van der Waals surface area contributed by atoms with Gasteiger partial charge in [0.2, 0.25) is 0 Å². The van der Waals surface area contributed by atoms with E-state index in [1.54, 1.807) is 0 Å². The van der Waals surface area contributed by atoms with Crippen molar-refractivity contribution >= 4 is 19.0 Å². The van der Waals surface area contributed by atoms with Gasteiger partial charge in [-0.15, -0.1) is 0 Å². The summed E-state index contributed by atoms with van der Waals surface area (Å²) in [7, 11) is 1.85. The van der Waals surface area contributed by atoms with Crippen LogP contribution in [0.3, 0.4) is 0 Å². The highest BCUT2D eigenvalue weighted by atomic mass is 16.7. The van der Waals surface area contributed by atoms with Gasteiger partial charge in [0.05, 0.1) is 11.2 Å². The van der Waals surface area contributed by atoms with E-state index in [4.69, 9.17) is 9.31 Å². The van der Waals surface area contributed by atoms with E-state index in [0.717, 1.165) is 37.6 Å². The number of hydrogen-bond donors (Lipinski definition) is 0. The zero-order chi connectivity index (χ0) is 17.4. The third-order valence-corrected chi connectivity index (χ3v) is 5.32. The third kappa shape index (κ3) is 3.66. The molecule has 5 nitrogen and oxygen atoms in total. The third-order valence-electron chi connectivity index (χ3n) is 5.32. The number of aromatic nitrogens is 1. The first-order chi connectivity index (χ1) is 11.3. The van der Waals surface area contributed by atoms with Gasteiger partial charge in [-0.25, -0.2) is 4.98 Å². The summed E-state index contributed by atoms with van der Waals surface area (Å²) in [4.78, 5) is 9.28. The van der Waals surface area contributed by atoms with Crippen molar-refractivity contribution in [1.82, 2.24) is 9.88 Å². The fourth-order valence-corrected chi connectivity index (χ4v) is 2.88. The van der Waals surface area contributed by atoms with Crippen LogP contribution >= 0.6 is 0 Å². The quantitative estimate of drug-likeness (QED) is 0.797. The van der Waals surface area contributed by atoms with Gasteiger partial charge in [-0.3, -0.25) is 0 Å². The fraction of sp³-hybridized carbons (Fsp3) is 0.611. The molecule has 3 rings (SSSR count). The molecule has 0 amide bonds. The van der Waals surface area contributed by atoms with Gasteiger partial charge in [0.1, 0.15) is 5.82 Å². The molecule has 1 aromatic rings. The molecule has 0 radical (unpaired) electrons. The Labute approximate surface area is 145 Å². The van der Waals surface area contributed by atoms with Crippen molar-refractivity contribution in [3.8, 4) is 0 Å². The van der Waals surface area contributed by atoms with Crippen LogP contribution in [-0.2, 0) is 9.31 Å². The maximum Gasteiger partial charge on any atom is 0.487 e. The zero-order valence-electron chi connectivity index (χ0n) is 15.5. The number of piperazine rings is 1. The molecule has 2 aliphatic heterocycles. The van der Waals surface area contributed by atoms with Gasteiger partial charge in [-0.2, -0.15) is 0 Å². The number of rotatable bonds is 3. The first-order valence-corrected chi connectivity index (χ1v) is 8.70. The molecule has 1 aromatic heterocycles. The summed E-state index contributed by atoms with van der Waals surface area (Å²) in [6, 6.07) is 4.19. The Morgan fingerprint density at radius 2 is 1.67 bits per heavy atom. The normalized spacial score (nSPS) is 24.0. The molecule has 2 aliphatic rings. The lowest BCUT2D eigenvalue weighted by Crippen LogP contribution is -2.44. The smallest absolute Gasteiger partial charge is 0.400 e. The van der Waals surface area contributed by atoms with Crippen LogP contribution in [-0.4, -0.2) is 61.4 Å². The second kappa shape index (κ2) is 6.50. The minimum absolute atomic E-state index is 0.300. The first kappa shape index (κ1) is 17.5. The van der Waals surface area contributed by atoms with E-state index in [1.165, 1.54) is 0 Å². The van der Waals surface area contributed by atoms with E-state index in [2.05, 4.69) is 61.7 Å². The number of anilines is 1. The van der Waals surface area contributed by atoms with Crippen LogP contribution in [0.1, 0.15) is 33.3 Å². The Bertz CT molecular complexity index is 577. The molecular weight excluding hydrogens is 301 g/mol. The Balaban J connectivity index is 1.61. The van der Waals surface area contributed by atoms with Crippen LogP contribution in [0.5, 0.6) is 0 Å². The van der Waals surface area contributed by atoms with E-state index in [1.807, 2.05) is 18.2 Å². The van der Waals surface area contributed by atoms with E-state index < -0.39 is 0 Å². The molecular formula is C18H28BN3O2. The Morgan fingerprint density at radius 1 is 1.04 bits per heavy atom. The predicted molar refractivity (Wildman–Crippen MR) is 99.1 cm³/mol. The van der Waals surface area contributed by atoms with Crippen LogP contribution in [0.2, 0.25) is 0 Å². The molecule has 0 N–H and O–H groups in total. The standard InChI is InChI=1S/C18H28BN3O2/c1-17(2)18(3,4)24-19(23-17)9-8-15-6-7-16(20-14-15)22-12-10-21(5)11-13-22/h6-9,14H,10-13H2,1-5H3. The molecule has 0 unspecified atom stereocenters. The van der Waals surface area contributed by atoms with Crippen molar-refractivity contribution in [2.24, 2.45) is 0 Å². The van der Waals surface area contributed by atoms with Gasteiger partial charge in [0.25, 0.3) is 0 Å². The highest BCUT2D eigenvalue weighted by Gasteiger charge is 2.49. The summed E-state index contributed by atoms with van der Waals surface area (Å²) < 4.78 is 11.9. The van der Waals surface area contributed by atoms with Crippen LogP contribution in [0.15, 0.2) is 24.3 Å². The zero-order valence-corrected chi connectivity index (χ0v) is 15.5. The first-order valence-electron chi connectivity index (χ1n) is 8.70. The van der Waals surface area contributed by atoms with Crippen LogP contribution in [0.4, 0.5) is 5.82 Å². The molecule has 0 bridgehead atoms. The predicted octanol–water partition coefficient (Wildman–Crippen LogP) is 2.48. The summed E-state index contributed by atoms with van der Waals surface area (Å²) in [5, 5.41) is 0. The van der Waals surface area contributed by atoms with Crippen molar-refractivity contribution in [3.63, 3.8) is 0 Å². The second-order valence-corrected chi connectivity index (χ2v) is 7.72. The largest absolute Gasteiger partial charge is 0.487 e. The Hall–Kier alpha value is -1.37. The average Bonchev–Trinajstić information content (AvgIpc) is 2.74. The Morgan fingerprint density at radius 3 is 2.21 bits per heavy atom. The van der Waals surface area contributed by atoms with Crippen LogP contribution < -0.4 is 4.90 Å². The van der Waals surface area contributed by atoms with Gasteiger partial charge in [-0.1, -0.05) is 12.1 Å². The SMILES string of the molecule is CN1CCN(c2ccc(C=CB3OC(C)(C)C(C)(C)O3)cn2)CC1. The topological polar surface area (TPSA) is 37.8 Å². The van der Waals surface area contributed by atoms with E-state index in [-0.39, 0.29) is 18.3 Å². The monoisotopic (exact) mass is 329 g/mol. The average molecular weight is 329 g/mol. The van der Waals surface area contributed by atoms with Crippen molar-refractivity contribution in [2.45, 2.75) is 38.9 Å². The number of hydrogen-bond acceptors (Lipinski definition) is 5. The lowest BCUT2D eigenvalue weighted by molar-refractivity contribution is 0.00578. The van der Waals surface area contributed by atoms with E-state index >= 15 is 0 Å². The minimum atomic E-state index is -0.313.